The highest BCUT2D eigenvalue weighted by Gasteiger charge is 2.28. The van der Waals surface area contributed by atoms with Gasteiger partial charge in [-0.1, -0.05) is 29.8 Å². The van der Waals surface area contributed by atoms with Gasteiger partial charge in [0.25, 0.3) is 0 Å². The van der Waals surface area contributed by atoms with Crippen LogP contribution >= 0.6 is 0 Å². The predicted octanol–water partition coefficient (Wildman–Crippen LogP) is 1.87. The number of rotatable bonds is 7. The third-order valence-electron chi connectivity index (χ3n) is 5.10. The van der Waals surface area contributed by atoms with Crippen LogP contribution in [-0.4, -0.2) is 59.6 Å². The van der Waals surface area contributed by atoms with E-state index in [1.807, 2.05) is 11.8 Å². The maximum absolute atomic E-state index is 13.9. The van der Waals surface area contributed by atoms with Crippen molar-refractivity contribution in [2.45, 2.75) is 18.7 Å². The maximum Gasteiger partial charge on any atom is 0.240 e. The lowest BCUT2D eigenvalue weighted by molar-refractivity contribution is 0.383. The molecule has 1 aliphatic rings. The molecule has 1 fully saturated rings. The van der Waals surface area contributed by atoms with E-state index in [-0.39, 0.29) is 36.1 Å². The van der Waals surface area contributed by atoms with Gasteiger partial charge in [0, 0.05) is 32.7 Å². The molecule has 30 heavy (non-hydrogen) atoms. The van der Waals surface area contributed by atoms with E-state index in [4.69, 9.17) is 0 Å². The molecule has 3 rings (SSSR count). The fourth-order valence-corrected chi connectivity index (χ4v) is 6.25. The lowest BCUT2D eigenvalue weighted by atomic mass is 10.2. The van der Waals surface area contributed by atoms with Crippen LogP contribution in [0.4, 0.5) is 10.1 Å². The van der Waals surface area contributed by atoms with Crippen LogP contribution in [0.2, 0.25) is 0 Å². The summed E-state index contributed by atoms with van der Waals surface area (Å²) in [5, 5.41) is 0. The number of nitrogens with one attached hydrogen (secondary N) is 1. The fourth-order valence-electron chi connectivity index (χ4n) is 3.53. The summed E-state index contributed by atoms with van der Waals surface area (Å²) in [6, 6.07) is 11.4. The van der Waals surface area contributed by atoms with Gasteiger partial charge in [-0.15, -0.1) is 0 Å². The number of halogens is 1. The highest BCUT2D eigenvalue weighted by atomic mass is 32.2. The van der Waals surface area contributed by atoms with E-state index >= 15 is 0 Å². The Balaban J connectivity index is 1.56. The minimum atomic E-state index is -3.79. The number of hydrogen-bond donors (Lipinski definition) is 1. The number of benzene rings is 2. The maximum atomic E-state index is 13.9. The molecule has 0 amide bonds. The molecular weight excluding hydrogens is 429 g/mol. The molecule has 1 saturated heterocycles. The zero-order valence-electron chi connectivity index (χ0n) is 17.0. The number of aryl methyl sites for hydroxylation is 2. The van der Waals surface area contributed by atoms with Gasteiger partial charge in [0.05, 0.1) is 16.3 Å². The molecule has 2 aromatic carbocycles. The largest absolute Gasteiger partial charge is 0.367 e. The summed E-state index contributed by atoms with van der Waals surface area (Å²) in [5.74, 6) is -0.675. The Morgan fingerprint density at radius 2 is 1.63 bits per heavy atom. The lowest BCUT2D eigenvalue weighted by Crippen LogP contribution is -2.50. The summed E-state index contributed by atoms with van der Waals surface area (Å²) in [6.45, 7) is 4.54. The molecule has 0 aliphatic carbocycles. The van der Waals surface area contributed by atoms with E-state index in [0.29, 0.717) is 24.3 Å². The first-order chi connectivity index (χ1) is 14.1. The molecule has 7 nitrogen and oxygen atoms in total. The van der Waals surface area contributed by atoms with Gasteiger partial charge >= 0.3 is 0 Å². The highest BCUT2D eigenvalue weighted by molar-refractivity contribution is 7.90. The zero-order chi connectivity index (χ0) is 21.9. The van der Waals surface area contributed by atoms with Crippen LogP contribution in [0.1, 0.15) is 11.1 Å². The van der Waals surface area contributed by atoms with Crippen molar-refractivity contribution in [1.29, 1.82) is 0 Å². The molecule has 1 aliphatic heterocycles. The first kappa shape index (κ1) is 22.7. The molecule has 0 unspecified atom stereocenters. The molecule has 0 bridgehead atoms. The Morgan fingerprint density at radius 3 is 2.27 bits per heavy atom. The molecule has 0 radical (unpaired) electrons. The van der Waals surface area contributed by atoms with Gasteiger partial charge in [-0.3, -0.25) is 0 Å². The summed E-state index contributed by atoms with van der Waals surface area (Å²) in [7, 11) is -7.43. The van der Waals surface area contributed by atoms with Crippen molar-refractivity contribution in [2.24, 2.45) is 0 Å². The van der Waals surface area contributed by atoms with Gasteiger partial charge in [0.2, 0.25) is 20.0 Å². The first-order valence-corrected chi connectivity index (χ1v) is 12.7. The number of piperazine rings is 1. The van der Waals surface area contributed by atoms with Crippen LogP contribution in [0.15, 0.2) is 47.4 Å². The highest BCUT2D eigenvalue weighted by Crippen LogP contribution is 2.21. The van der Waals surface area contributed by atoms with Gasteiger partial charge in [-0.05, 0) is 37.6 Å². The standard InChI is InChI=1S/C20H26FN3O4S2/c1-16-7-8-20(17(2)15-16)30(27,28)22-9-14-29(25,26)24-12-10-23(11-13-24)19-6-4-3-5-18(19)21/h3-8,15,22H,9-14H2,1-2H3. The van der Waals surface area contributed by atoms with Crippen molar-refractivity contribution in [1.82, 2.24) is 9.03 Å². The minimum absolute atomic E-state index is 0.143. The number of nitrogens with zero attached hydrogens (tertiary/aromatic N) is 2. The van der Waals surface area contributed by atoms with Gasteiger partial charge in [0.1, 0.15) is 5.82 Å². The van der Waals surface area contributed by atoms with Gasteiger partial charge in [0.15, 0.2) is 0 Å². The second-order valence-corrected chi connectivity index (χ2v) is 11.1. The number of anilines is 1. The Labute approximate surface area is 177 Å². The van der Waals surface area contributed by atoms with Crippen molar-refractivity contribution in [3.05, 3.63) is 59.4 Å². The molecule has 1 N–H and O–H groups in total. The van der Waals surface area contributed by atoms with E-state index in [1.165, 1.54) is 16.4 Å². The van der Waals surface area contributed by atoms with Crippen LogP contribution in [0.25, 0.3) is 0 Å². The number of sulfonamides is 2. The molecule has 164 valence electrons. The molecule has 0 aromatic heterocycles. The summed E-state index contributed by atoms with van der Waals surface area (Å²) in [4.78, 5) is 1.95. The second-order valence-electron chi connectivity index (χ2n) is 7.32. The zero-order valence-corrected chi connectivity index (χ0v) is 18.6. The quantitative estimate of drug-likeness (QED) is 0.689. The van der Waals surface area contributed by atoms with Crippen molar-refractivity contribution in [2.75, 3.05) is 43.4 Å². The van der Waals surface area contributed by atoms with Crippen LogP contribution in [0.3, 0.4) is 0 Å². The molecule has 0 atom stereocenters. The third-order valence-corrected chi connectivity index (χ3v) is 8.59. The summed E-state index contributed by atoms with van der Waals surface area (Å²) >= 11 is 0. The van der Waals surface area contributed by atoms with E-state index < -0.39 is 20.0 Å². The smallest absolute Gasteiger partial charge is 0.240 e. The van der Waals surface area contributed by atoms with Crippen LogP contribution < -0.4 is 9.62 Å². The van der Waals surface area contributed by atoms with E-state index in [2.05, 4.69) is 4.72 Å². The summed E-state index contributed by atoms with van der Waals surface area (Å²) < 4.78 is 67.9. The number of para-hydroxylation sites is 1. The van der Waals surface area contributed by atoms with Crippen molar-refractivity contribution >= 4 is 25.7 Å². The van der Waals surface area contributed by atoms with E-state index in [0.717, 1.165) is 5.56 Å². The van der Waals surface area contributed by atoms with Gasteiger partial charge < -0.3 is 4.90 Å². The van der Waals surface area contributed by atoms with E-state index in [1.54, 1.807) is 37.3 Å². The Morgan fingerprint density at radius 1 is 0.967 bits per heavy atom. The number of hydrogen-bond acceptors (Lipinski definition) is 5. The van der Waals surface area contributed by atoms with Crippen molar-refractivity contribution < 1.29 is 21.2 Å². The lowest BCUT2D eigenvalue weighted by Gasteiger charge is -2.35. The van der Waals surface area contributed by atoms with Crippen LogP contribution in [-0.2, 0) is 20.0 Å². The average Bonchev–Trinajstić information content (AvgIpc) is 2.68. The minimum Gasteiger partial charge on any atom is -0.367 e. The Hall–Kier alpha value is -2.01. The van der Waals surface area contributed by atoms with Gasteiger partial charge in [-0.25, -0.2) is 25.9 Å². The molecule has 2 aromatic rings. The monoisotopic (exact) mass is 455 g/mol. The van der Waals surface area contributed by atoms with E-state index in [9.17, 15) is 21.2 Å². The second kappa shape index (κ2) is 9.01. The van der Waals surface area contributed by atoms with Crippen LogP contribution in [0.5, 0.6) is 0 Å². The van der Waals surface area contributed by atoms with Crippen molar-refractivity contribution in [3.8, 4) is 0 Å². The van der Waals surface area contributed by atoms with Crippen molar-refractivity contribution in [3.63, 3.8) is 0 Å². The third kappa shape index (κ3) is 5.18. The molecule has 10 heteroatoms. The van der Waals surface area contributed by atoms with Gasteiger partial charge in [-0.2, -0.15) is 4.31 Å². The molecule has 0 spiro atoms. The first-order valence-electron chi connectivity index (χ1n) is 9.64. The topological polar surface area (TPSA) is 86.8 Å². The SMILES string of the molecule is Cc1ccc(S(=O)(=O)NCCS(=O)(=O)N2CCN(c3ccccc3F)CC2)c(C)c1. The predicted molar refractivity (Wildman–Crippen MR) is 115 cm³/mol. The van der Waals surface area contributed by atoms with Crippen LogP contribution in [0, 0.1) is 19.7 Å². The Bertz CT molecular complexity index is 1110. The molecular formula is C20H26FN3O4S2. The average molecular weight is 456 g/mol. The molecule has 1 heterocycles. The Kier molecular flexibility index (Phi) is 6.81. The summed E-state index contributed by atoms with van der Waals surface area (Å²) in [6.07, 6.45) is 0. The summed E-state index contributed by atoms with van der Waals surface area (Å²) in [5.41, 5.74) is 2.01. The fraction of sp³-hybridized carbons (Fsp3) is 0.400. The normalized spacial score (nSPS) is 16.0. The molecule has 0 saturated carbocycles.